The van der Waals surface area contributed by atoms with Crippen molar-refractivity contribution in [3.8, 4) is 11.5 Å². The second-order valence-corrected chi connectivity index (χ2v) is 10.6. The van der Waals surface area contributed by atoms with E-state index >= 15 is 0 Å². The van der Waals surface area contributed by atoms with Crippen LogP contribution in [0, 0.1) is 0 Å². The molecule has 34 heavy (non-hydrogen) atoms. The lowest BCUT2D eigenvalue weighted by molar-refractivity contribution is -0.119. The number of anilines is 2. The normalized spacial score (nSPS) is 11.2. The fourth-order valence-electron chi connectivity index (χ4n) is 2.84. The molecule has 0 saturated heterocycles. The Morgan fingerprint density at radius 3 is 2.68 bits per heavy atom. The van der Waals surface area contributed by atoms with Gasteiger partial charge in [-0.25, -0.2) is 18.2 Å². The number of nitrogens with zero attached hydrogens (tertiary/aromatic N) is 1. The summed E-state index contributed by atoms with van der Waals surface area (Å²) in [5.74, 6) is -1.40. The van der Waals surface area contributed by atoms with Crippen molar-refractivity contribution >= 4 is 65.6 Å². The molecule has 13 heteroatoms. The monoisotopic (exact) mass is 519 g/mol. The van der Waals surface area contributed by atoms with Crippen LogP contribution in [0.1, 0.15) is 10.4 Å². The van der Waals surface area contributed by atoms with E-state index in [1.54, 1.807) is 36.8 Å². The highest BCUT2D eigenvalue weighted by Crippen LogP contribution is 2.29. The van der Waals surface area contributed by atoms with Crippen molar-refractivity contribution in [3.63, 3.8) is 0 Å². The summed E-state index contributed by atoms with van der Waals surface area (Å²) in [4.78, 5) is 28.7. The van der Waals surface area contributed by atoms with Gasteiger partial charge in [0.15, 0.2) is 11.7 Å². The molecule has 0 aliphatic heterocycles. The quantitative estimate of drug-likeness (QED) is 0.299. The summed E-state index contributed by atoms with van der Waals surface area (Å²) in [6.07, 6.45) is 0. The zero-order valence-electron chi connectivity index (χ0n) is 17.5. The zero-order valence-corrected chi connectivity index (χ0v) is 19.9. The minimum Gasteiger partial charge on any atom is -0.507 e. The molecule has 0 radical (unpaired) electrons. The number of esters is 1. The van der Waals surface area contributed by atoms with Gasteiger partial charge in [0.2, 0.25) is 0 Å². The second kappa shape index (κ2) is 9.67. The van der Waals surface area contributed by atoms with E-state index in [4.69, 9.17) is 9.47 Å². The minimum atomic E-state index is -3.81. The first-order valence-electron chi connectivity index (χ1n) is 9.56. The van der Waals surface area contributed by atoms with Crippen LogP contribution in [0.3, 0.4) is 0 Å². The van der Waals surface area contributed by atoms with Gasteiger partial charge in [0, 0.05) is 6.07 Å². The van der Waals surface area contributed by atoms with Crippen molar-refractivity contribution in [1.29, 1.82) is 0 Å². The molecule has 2 aromatic carbocycles. The Labute approximate surface area is 201 Å². The number of rotatable bonds is 8. The topological polar surface area (TPSA) is 144 Å². The van der Waals surface area contributed by atoms with Gasteiger partial charge in [0.25, 0.3) is 15.9 Å². The van der Waals surface area contributed by atoms with Crippen molar-refractivity contribution in [2.75, 3.05) is 23.8 Å². The molecule has 0 unspecified atom stereocenters. The van der Waals surface area contributed by atoms with E-state index in [1.807, 2.05) is 0 Å². The number of amides is 1. The van der Waals surface area contributed by atoms with Crippen LogP contribution in [0.25, 0.3) is 10.2 Å². The molecule has 1 amide bonds. The lowest BCUT2D eigenvalue weighted by atomic mass is 10.2. The van der Waals surface area contributed by atoms with Crippen LogP contribution < -0.4 is 14.8 Å². The number of aromatic nitrogens is 1. The van der Waals surface area contributed by atoms with Crippen LogP contribution in [-0.4, -0.2) is 44.1 Å². The summed E-state index contributed by atoms with van der Waals surface area (Å²) < 4.78 is 37.9. The van der Waals surface area contributed by atoms with Crippen molar-refractivity contribution in [3.05, 3.63) is 59.5 Å². The third-order valence-electron chi connectivity index (χ3n) is 4.41. The average molecular weight is 520 g/mol. The van der Waals surface area contributed by atoms with E-state index in [9.17, 15) is 23.1 Å². The van der Waals surface area contributed by atoms with E-state index in [0.717, 1.165) is 22.1 Å². The molecule has 0 aliphatic carbocycles. The maximum absolute atomic E-state index is 12.3. The van der Waals surface area contributed by atoms with Gasteiger partial charge in [-0.3, -0.25) is 14.8 Å². The van der Waals surface area contributed by atoms with Gasteiger partial charge in [0.1, 0.15) is 21.3 Å². The number of benzene rings is 2. The third kappa shape index (κ3) is 5.27. The van der Waals surface area contributed by atoms with Crippen molar-refractivity contribution in [2.24, 2.45) is 0 Å². The first kappa shape index (κ1) is 23.5. The van der Waals surface area contributed by atoms with Gasteiger partial charge in [-0.2, -0.15) is 0 Å². The van der Waals surface area contributed by atoms with Crippen LogP contribution >= 0.6 is 22.7 Å². The maximum atomic E-state index is 12.3. The number of hydrogen-bond acceptors (Lipinski definition) is 10. The van der Waals surface area contributed by atoms with E-state index < -0.39 is 34.3 Å². The zero-order chi connectivity index (χ0) is 24.3. The highest BCUT2D eigenvalue weighted by atomic mass is 32.2. The third-order valence-corrected chi connectivity index (χ3v) is 8.12. The Balaban J connectivity index is 1.35. The average Bonchev–Trinajstić information content (AvgIpc) is 3.47. The molecule has 4 rings (SSSR count). The van der Waals surface area contributed by atoms with E-state index in [0.29, 0.717) is 16.4 Å². The number of sulfonamides is 1. The van der Waals surface area contributed by atoms with Gasteiger partial charge in [-0.15, -0.1) is 11.3 Å². The summed E-state index contributed by atoms with van der Waals surface area (Å²) in [6.45, 7) is -0.607. The van der Waals surface area contributed by atoms with Crippen molar-refractivity contribution < 1.29 is 32.6 Å². The molecule has 4 aromatic rings. The molecule has 3 N–H and O–H groups in total. The van der Waals surface area contributed by atoms with Crippen LogP contribution in [-0.2, 0) is 19.6 Å². The lowest BCUT2D eigenvalue weighted by Crippen LogP contribution is -2.21. The summed E-state index contributed by atoms with van der Waals surface area (Å²) >= 11 is 2.27. The van der Waals surface area contributed by atoms with Crippen LogP contribution in [0.15, 0.2) is 58.1 Å². The molecule has 10 nitrogen and oxygen atoms in total. The molecule has 0 saturated carbocycles. The van der Waals surface area contributed by atoms with Crippen LogP contribution in [0.5, 0.6) is 11.5 Å². The summed E-state index contributed by atoms with van der Waals surface area (Å²) in [5.41, 5.74) is 0.518. The number of carbonyl (C=O) groups is 2. The Bertz CT molecular complexity index is 1460. The molecule has 176 valence electrons. The van der Waals surface area contributed by atoms with Gasteiger partial charge >= 0.3 is 5.97 Å². The second-order valence-electron chi connectivity index (χ2n) is 6.75. The number of hydrogen-bond donors (Lipinski definition) is 3. The number of fused-ring (bicyclic) bond motifs is 1. The minimum absolute atomic E-state index is 0.0626. The predicted molar refractivity (Wildman–Crippen MR) is 128 cm³/mol. The Kier molecular flexibility index (Phi) is 6.68. The number of phenols is 1. The predicted octanol–water partition coefficient (Wildman–Crippen LogP) is 3.67. The maximum Gasteiger partial charge on any atom is 0.342 e. The molecule has 0 bridgehead atoms. The lowest BCUT2D eigenvalue weighted by Gasteiger charge is -2.09. The first-order valence-corrected chi connectivity index (χ1v) is 12.7. The molecule has 0 atom stereocenters. The van der Waals surface area contributed by atoms with Crippen LogP contribution in [0.2, 0.25) is 0 Å². The van der Waals surface area contributed by atoms with Gasteiger partial charge in [-0.1, -0.05) is 17.4 Å². The summed E-state index contributed by atoms with van der Waals surface area (Å²) in [7, 11) is -2.26. The van der Waals surface area contributed by atoms with Crippen LogP contribution in [0.4, 0.5) is 10.8 Å². The number of thiophene rings is 1. The van der Waals surface area contributed by atoms with Gasteiger partial charge < -0.3 is 14.6 Å². The van der Waals surface area contributed by atoms with Crippen molar-refractivity contribution in [1.82, 2.24) is 4.98 Å². The number of thiazole rings is 1. The van der Waals surface area contributed by atoms with E-state index in [-0.39, 0.29) is 15.5 Å². The fourth-order valence-corrected chi connectivity index (χ4v) is 5.79. The number of phenolic OH excluding ortho intramolecular Hbond substituents is 1. The molecule has 0 spiro atoms. The first-order chi connectivity index (χ1) is 16.2. The summed E-state index contributed by atoms with van der Waals surface area (Å²) in [6, 6.07) is 11.9. The number of methoxy groups -OCH3 is 1. The molecule has 0 fully saturated rings. The van der Waals surface area contributed by atoms with E-state index in [2.05, 4.69) is 15.0 Å². The Hall–Kier alpha value is -3.68. The number of nitrogens with one attached hydrogen (secondary N) is 2. The highest BCUT2D eigenvalue weighted by molar-refractivity contribution is 7.94. The molecule has 0 aliphatic rings. The highest BCUT2D eigenvalue weighted by Gasteiger charge is 2.19. The van der Waals surface area contributed by atoms with Gasteiger partial charge in [0.05, 0.1) is 23.0 Å². The number of ether oxygens (including phenoxy) is 2. The molecule has 2 aromatic heterocycles. The molecular formula is C21H17N3O7S3. The van der Waals surface area contributed by atoms with E-state index in [1.165, 1.54) is 29.5 Å². The Morgan fingerprint density at radius 2 is 1.97 bits per heavy atom. The summed E-state index contributed by atoms with van der Waals surface area (Å²) in [5, 5.41) is 14.7. The number of aromatic hydroxyl groups is 1. The molecular weight excluding hydrogens is 502 g/mol. The van der Waals surface area contributed by atoms with Gasteiger partial charge in [-0.05, 0) is 41.8 Å². The SMILES string of the molecule is COc1ccc2nc(NC(=O)COC(=O)c3ccc(NS(=O)(=O)c4cccs4)cc3O)sc2c1. The largest absolute Gasteiger partial charge is 0.507 e. The Morgan fingerprint density at radius 1 is 1.15 bits per heavy atom. The molecule has 2 heterocycles. The number of carbonyl (C=O) groups excluding carboxylic acids is 2. The fraction of sp³-hybridized carbons (Fsp3) is 0.0952. The standard InChI is InChI=1S/C21H17N3O7S3/c1-30-13-5-7-15-17(10-13)33-21(22-15)23-18(26)11-31-20(27)14-6-4-12(9-16(14)25)24-34(28,29)19-3-2-8-32-19/h2-10,24-25H,11H2,1H3,(H,22,23,26). The smallest absolute Gasteiger partial charge is 0.342 e. The van der Waals surface area contributed by atoms with Crippen molar-refractivity contribution in [2.45, 2.75) is 4.21 Å².